The van der Waals surface area contributed by atoms with Crippen LogP contribution in [0.2, 0.25) is 0 Å². The van der Waals surface area contributed by atoms with Gasteiger partial charge < -0.3 is 9.64 Å². The van der Waals surface area contributed by atoms with E-state index < -0.39 is 0 Å². The van der Waals surface area contributed by atoms with Gasteiger partial charge in [0, 0.05) is 25.5 Å². The molecule has 1 fully saturated rings. The standard InChI is InChI=1S/C18H21N3O2/c1-2-23-17-8-11-21(18(22)15-13-19-9-10-20-15)16(17)12-14-6-4-3-5-7-14/h3-7,9-10,13,16-17H,2,8,11-12H2,1H3/t16-,17-/m1/s1. The molecule has 5 nitrogen and oxygen atoms in total. The van der Waals surface area contributed by atoms with Crippen molar-refractivity contribution in [3.05, 3.63) is 60.2 Å². The summed E-state index contributed by atoms with van der Waals surface area (Å²) in [6.07, 6.45) is 6.37. The van der Waals surface area contributed by atoms with Crippen LogP contribution in [0.3, 0.4) is 0 Å². The molecular formula is C18H21N3O2. The lowest BCUT2D eigenvalue weighted by atomic mass is 10.0. The Kier molecular flexibility index (Phi) is 4.98. The topological polar surface area (TPSA) is 55.3 Å². The van der Waals surface area contributed by atoms with Crippen molar-refractivity contribution in [2.45, 2.75) is 31.9 Å². The van der Waals surface area contributed by atoms with Crippen LogP contribution in [-0.4, -0.2) is 46.1 Å². The van der Waals surface area contributed by atoms with Gasteiger partial charge in [-0.2, -0.15) is 0 Å². The second kappa shape index (κ2) is 7.33. The maximum Gasteiger partial charge on any atom is 0.274 e. The molecule has 1 aromatic heterocycles. The molecule has 23 heavy (non-hydrogen) atoms. The van der Waals surface area contributed by atoms with Gasteiger partial charge in [-0.1, -0.05) is 30.3 Å². The summed E-state index contributed by atoms with van der Waals surface area (Å²) in [5.41, 5.74) is 1.60. The summed E-state index contributed by atoms with van der Waals surface area (Å²) >= 11 is 0. The van der Waals surface area contributed by atoms with E-state index in [1.165, 1.54) is 11.8 Å². The predicted octanol–water partition coefficient (Wildman–Crippen LogP) is 2.34. The Morgan fingerprint density at radius 2 is 2.13 bits per heavy atom. The normalized spacial score (nSPS) is 20.7. The molecule has 0 saturated carbocycles. The van der Waals surface area contributed by atoms with Crippen LogP contribution in [0.1, 0.15) is 29.4 Å². The summed E-state index contributed by atoms with van der Waals surface area (Å²) < 4.78 is 5.87. The van der Waals surface area contributed by atoms with Crippen molar-refractivity contribution in [2.24, 2.45) is 0 Å². The molecule has 2 atom stereocenters. The van der Waals surface area contributed by atoms with E-state index >= 15 is 0 Å². The van der Waals surface area contributed by atoms with E-state index in [-0.39, 0.29) is 18.1 Å². The smallest absolute Gasteiger partial charge is 0.274 e. The predicted molar refractivity (Wildman–Crippen MR) is 87.0 cm³/mol. The molecule has 1 amide bonds. The third kappa shape index (κ3) is 3.56. The number of hydrogen-bond donors (Lipinski definition) is 0. The Hall–Kier alpha value is -2.27. The molecule has 120 valence electrons. The molecule has 1 aromatic carbocycles. The average molecular weight is 311 g/mol. The van der Waals surface area contributed by atoms with Crippen molar-refractivity contribution in [1.29, 1.82) is 0 Å². The first-order chi connectivity index (χ1) is 11.3. The van der Waals surface area contributed by atoms with Crippen molar-refractivity contribution in [1.82, 2.24) is 14.9 Å². The molecule has 1 aliphatic rings. The number of benzene rings is 1. The van der Waals surface area contributed by atoms with E-state index in [2.05, 4.69) is 22.1 Å². The Morgan fingerprint density at radius 1 is 1.30 bits per heavy atom. The largest absolute Gasteiger partial charge is 0.376 e. The average Bonchev–Trinajstić information content (AvgIpc) is 2.99. The first-order valence-electron chi connectivity index (χ1n) is 8.02. The van der Waals surface area contributed by atoms with E-state index in [1.54, 1.807) is 12.4 Å². The van der Waals surface area contributed by atoms with Crippen LogP contribution in [-0.2, 0) is 11.2 Å². The highest BCUT2D eigenvalue weighted by molar-refractivity contribution is 5.92. The van der Waals surface area contributed by atoms with E-state index in [1.807, 2.05) is 30.0 Å². The summed E-state index contributed by atoms with van der Waals surface area (Å²) in [5.74, 6) is -0.0683. The van der Waals surface area contributed by atoms with Gasteiger partial charge in [0.05, 0.1) is 18.3 Å². The molecule has 1 aliphatic heterocycles. The molecule has 0 unspecified atom stereocenters. The minimum absolute atomic E-state index is 0.0341. The fraction of sp³-hybridized carbons (Fsp3) is 0.389. The Balaban J connectivity index is 1.81. The molecule has 5 heteroatoms. The Bertz CT molecular complexity index is 633. The number of aromatic nitrogens is 2. The van der Waals surface area contributed by atoms with Crippen LogP contribution in [0.4, 0.5) is 0 Å². The SMILES string of the molecule is CCO[C@@H]1CCN(C(=O)c2cnccn2)[C@@H]1Cc1ccccc1. The van der Waals surface area contributed by atoms with Crippen molar-refractivity contribution in [2.75, 3.05) is 13.2 Å². The van der Waals surface area contributed by atoms with Gasteiger partial charge in [-0.25, -0.2) is 4.98 Å². The number of carbonyl (C=O) groups is 1. The first-order valence-corrected chi connectivity index (χ1v) is 8.02. The van der Waals surface area contributed by atoms with Crippen LogP contribution < -0.4 is 0 Å². The highest BCUT2D eigenvalue weighted by atomic mass is 16.5. The van der Waals surface area contributed by atoms with Gasteiger partial charge in [-0.3, -0.25) is 9.78 Å². The number of rotatable bonds is 5. The summed E-state index contributed by atoms with van der Waals surface area (Å²) in [6, 6.07) is 10.3. The second-order valence-electron chi connectivity index (χ2n) is 5.63. The summed E-state index contributed by atoms with van der Waals surface area (Å²) in [5, 5.41) is 0. The molecule has 0 spiro atoms. The highest BCUT2D eigenvalue weighted by Gasteiger charge is 2.38. The summed E-state index contributed by atoms with van der Waals surface area (Å²) in [6.45, 7) is 3.34. The van der Waals surface area contributed by atoms with Gasteiger partial charge in [0.2, 0.25) is 0 Å². The summed E-state index contributed by atoms with van der Waals surface area (Å²) in [4.78, 5) is 22.8. The first kappa shape index (κ1) is 15.6. The molecule has 1 saturated heterocycles. The van der Waals surface area contributed by atoms with Crippen molar-refractivity contribution in [3.63, 3.8) is 0 Å². The monoisotopic (exact) mass is 311 g/mol. The third-order valence-electron chi connectivity index (χ3n) is 4.20. The number of nitrogens with zero attached hydrogens (tertiary/aromatic N) is 3. The lowest BCUT2D eigenvalue weighted by Gasteiger charge is -2.28. The fourth-order valence-corrected chi connectivity index (χ4v) is 3.14. The molecule has 0 bridgehead atoms. The van der Waals surface area contributed by atoms with E-state index in [0.717, 1.165) is 12.8 Å². The molecule has 2 heterocycles. The van der Waals surface area contributed by atoms with Gasteiger partial charge >= 0.3 is 0 Å². The molecule has 3 rings (SSSR count). The van der Waals surface area contributed by atoms with Crippen LogP contribution in [0.5, 0.6) is 0 Å². The number of amides is 1. The highest BCUT2D eigenvalue weighted by Crippen LogP contribution is 2.25. The zero-order valence-electron chi connectivity index (χ0n) is 13.3. The minimum Gasteiger partial charge on any atom is -0.376 e. The van der Waals surface area contributed by atoms with Gasteiger partial charge in [0.15, 0.2) is 0 Å². The van der Waals surface area contributed by atoms with E-state index in [4.69, 9.17) is 4.74 Å². The van der Waals surface area contributed by atoms with Gasteiger partial charge in [-0.15, -0.1) is 0 Å². The fourth-order valence-electron chi connectivity index (χ4n) is 3.14. The van der Waals surface area contributed by atoms with Crippen molar-refractivity contribution in [3.8, 4) is 0 Å². The van der Waals surface area contributed by atoms with Gasteiger partial charge in [0.25, 0.3) is 5.91 Å². The number of likely N-dealkylation sites (tertiary alicyclic amines) is 1. The summed E-state index contributed by atoms with van der Waals surface area (Å²) in [7, 11) is 0. The molecule has 0 radical (unpaired) electrons. The lowest BCUT2D eigenvalue weighted by Crippen LogP contribution is -2.42. The second-order valence-corrected chi connectivity index (χ2v) is 5.63. The van der Waals surface area contributed by atoms with Crippen molar-refractivity contribution >= 4 is 5.91 Å². The molecule has 0 N–H and O–H groups in total. The van der Waals surface area contributed by atoms with E-state index in [0.29, 0.717) is 18.8 Å². The zero-order chi connectivity index (χ0) is 16.1. The minimum atomic E-state index is -0.0683. The van der Waals surface area contributed by atoms with E-state index in [9.17, 15) is 4.79 Å². The van der Waals surface area contributed by atoms with Gasteiger partial charge in [-0.05, 0) is 25.3 Å². The van der Waals surface area contributed by atoms with Crippen LogP contribution >= 0.6 is 0 Å². The molecular weight excluding hydrogens is 290 g/mol. The number of hydrogen-bond acceptors (Lipinski definition) is 4. The van der Waals surface area contributed by atoms with Crippen molar-refractivity contribution < 1.29 is 9.53 Å². The maximum atomic E-state index is 12.8. The Labute approximate surface area is 136 Å². The van der Waals surface area contributed by atoms with Crippen LogP contribution in [0, 0.1) is 0 Å². The quantitative estimate of drug-likeness (QED) is 0.850. The van der Waals surface area contributed by atoms with Gasteiger partial charge in [0.1, 0.15) is 5.69 Å². The molecule has 0 aliphatic carbocycles. The Morgan fingerprint density at radius 3 is 2.83 bits per heavy atom. The van der Waals surface area contributed by atoms with Crippen LogP contribution in [0.25, 0.3) is 0 Å². The third-order valence-corrected chi connectivity index (χ3v) is 4.20. The maximum absolute atomic E-state index is 12.8. The number of ether oxygens (including phenoxy) is 1. The number of carbonyl (C=O) groups excluding carboxylic acids is 1. The van der Waals surface area contributed by atoms with Crippen LogP contribution in [0.15, 0.2) is 48.9 Å². The zero-order valence-corrected chi connectivity index (χ0v) is 13.3. The molecule has 2 aromatic rings. The lowest BCUT2D eigenvalue weighted by molar-refractivity contribution is 0.0310.